The molecule has 1 aliphatic rings. The Balaban J connectivity index is 2.15. The number of hydrogen-bond donors (Lipinski definition) is 1. The predicted molar refractivity (Wildman–Crippen MR) is 108 cm³/mol. The molecule has 7 heteroatoms. The average Bonchev–Trinajstić information content (AvgIpc) is 2.65. The normalized spacial score (nSPS) is 15.4. The summed E-state index contributed by atoms with van der Waals surface area (Å²) in [5.41, 5.74) is 1.14. The van der Waals surface area contributed by atoms with Crippen LogP contribution in [0.4, 0.5) is 11.4 Å². The van der Waals surface area contributed by atoms with E-state index in [2.05, 4.69) is 42.8 Å². The Morgan fingerprint density at radius 1 is 1.37 bits per heavy atom. The van der Waals surface area contributed by atoms with Crippen LogP contribution in [-0.4, -0.2) is 54.5 Å². The summed E-state index contributed by atoms with van der Waals surface area (Å²) in [5, 5.41) is 14.1. The monoisotopic (exact) mass is 376 g/mol. The van der Waals surface area contributed by atoms with Crippen molar-refractivity contribution in [1.29, 1.82) is 0 Å². The quantitative estimate of drug-likeness (QED) is 0.556. The molecule has 0 bridgehead atoms. The highest BCUT2D eigenvalue weighted by Crippen LogP contribution is 2.29. The van der Waals surface area contributed by atoms with Crippen LogP contribution in [0.25, 0.3) is 0 Å². The third kappa shape index (κ3) is 5.66. The lowest BCUT2D eigenvalue weighted by atomic mass is 9.98. The number of carbonyl (C=O) groups is 1. The standard InChI is InChI=1S/C20H32N4O3/c1-5-22(15(2)3)13-10-21-20(25)18-14-17(24(26)27)6-7-19(18)23-11-8-16(4)9-12-23/h6-7,14-16H,5,8-13H2,1-4H3,(H,21,25). The fraction of sp³-hybridized carbons (Fsp3) is 0.650. The van der Waals surface area contributed by atoms with Crippen LogP contribution in [0.1, 0.15) is 50.9 Å². The first-order valence-electron chi connectivity index (χ1n) is 9.89. The van der Waals surface area contributed by atoms with Gasteiger partial charge in [0, 0.05) is 44.4 Å². The molecule has 1 heterocycles. The van der Waals surface area contributed by atoms with Crippen LogP contribution in [0, 0.1) is 16.0 Å². The maximum atomic E-state index is 12.8. The van der Waals surface area contributed by atoms with E-state index in [0.29, 0.717) is 24.1 Å². The average molecular weight is 377 g/mol. The van der Waals surface area contributed by atoms with Crippen LogP contribution in [0.2, 0.25) is 0 Å². The molecule has 0 radical (unpaired) electrons. The summed E-state index contributed by atoms with van der Waals surface area (Å²) in [6.45, 7) is 12.5. The van der Waals surface area contributed by atoms with E-state index >= 15 is 0 Å². The number of non-ortho nitro benzene ring substituents is 1. The van der Waals surface area contributed by atoms with E-state index in [1.165, 1.54) is 12.1 Å². The van der Waals surface area contributed by atoms with Gasteiger partial charge in [0.1, 0.15) is 0 Å². The maximum Gasteiger partial charge on any atom is 0.270 e. The van der Waals surface area contributed by atoms with Crippen LogP contribution < -0.4 is 10.2 Å². The van der Waals surface area contributed by atoms with Gasteiger partial charge in [-0.1, -0.05) is 13.8 Å². The van der Waals surface area contributed by atoms with Crippen molar-refractivity contribution >= 4 is 17.3 Å². The van der Waals surface area contributed by atoms with Gasteiger partial charge in [-0.2, -0.15) is 0 Å². The summed E-state index contributed by atoms with van der Waals surface area (Å²) in [6.07, 6.45) is 2.13. The summed E-state index contributed by atoms with van der Waals surface area (Å²) < 4.78 is 0. The zero-order valence-electron chi connectivity index (χ0n) is 16.9. The molecule has 1 aliphatic heterocycles. The van der Waals surface area contributed by atoms with E-state index in [1.807, 2.05) is 0 Å². The molecule has 0 saturated carbocycles. The minimum Gasteiger partial charge on any atom is -0.371 e. The number of rotatable bonds is 8. The molecule has 27 heavy (non-hydrogen) atoms. The molecule has 0 atom stereocenters. The van der Waals surface area contributed by atoms with E-state index in [-0.39, 0.29) is 11.6 Å². The topological polar surface area (TPSA) is 78.7 Å². The highest BCUT2D eigenvalue weighted by molar-refractivity contribution is 6.00. The predicted octanol–water partition coefficient (Wildman–Crippen LogP) is 3.29. The highest BCUT2D eigenvalue weighted by Gasteiger charge is 2.23. The van der Waals surface area contributed by atoms with E-state index in [9.17, 15) is 14.9 Å². The molecule has 150 valence electrons. The first-order valence-corrected chi connectivity index (χ1v) is 9.89. The molecule has 7 nitrogen and oxygen atoms in total. The lowest BCUT2D eigenvalue weighted by Crippen LogP contribution is -2.39. The van der Waals surface area contributed by atoms with Gasteiger partial charge in [-0.05, 0) is 45.2 Å². The van der Waals surface area contributed by atoms with Crippen LogP contribution in [0.15, 0.2) is 18.2 Å². The fourth-order valence-electron chi connectivity index (χ4n) is 3.53. The molecule has 1 fully saturated rings. The first-order chi connectivity index (χ1) is 12.8. The molecule has 1 aromatic carbocycles. The van der Waals surface area contributed by atoms with Crippen molar-refractivity contribution in [2.75, 3.05) is 37.6 Å². The summed E-state index contributed by atoms with van der Waals surface area (Å²) in [4.78, 5) is 28.0. The van der Waals surface area contributed by atoms with Gasteiger partial charge >= 0.3 is 0 Å². The lowest BCUT2D eigenvalue weighted by molar-refractivity contribution is -0.384. The Hall–Kier alpha value is -2.15. The van der Waals surface area contributed by atoms with Gasteiger partial charge in [0.2, 0.25) is 0 Å². The number of nitro benzene ring substituents is 1. The lowest BCUT2D eigenvalue weighted by Gasteiger charge is -2.33. The number of carbonyl (C=O) groups excluding carboxylic acids is 1. The second-order valence-corrected chi connectivity index (χ2v) is 7.61. The number of anilines is 1. The van der Waals surface area contributed by atoms with E-state index in [0.717, 1.165) is 44.7 Å². The Kier molecular flexibility index (Phi) is 7.59. The third-order valence-corrected chi connectivity index (χ3v) is 5.38. The molecule has 1 aromatic rings. The van der Waals surface area contributed by atoms with Gasteiger partial charge in [0.25, 0.3) is 11.6 Å². The summed E-state index contributed by atoms with van der Waals surface area (Å²) in [7, 11) is 0. The number of likely N-dealkylation sites (N-methyl/N-ethyl adjacent to an activating group) is 1. The van der Waals surface area contributed by atoms with Crippen LogP contribution in [-0.2, 0) is 0 Å². The molecule has 1 N–H and O–H groups in total. The minimum absolute atomic E-state index is 0.0494. The number of piperidine rings is 1. The van der Waals surface area contributed by atoms with Gasteiger partial charge in [-0.15, -0.1) is 0 Å². The highest BCUT2D eigenvalue weighted by atomic mass is 16.6. The number of benzene rings is 1. The van der Waals surface area contributed by atoms with Gasteiger partial charge in [-0.3, -0.25) is 19.8 Å². The number of amides is 1. The van der Waals surface area contributed by atoms with Gasteiger partial charge in [0.05, 0.1) is 16.2 Å². The SMILES string of the molecule is CCN(CCNC(=O)c1cc([N+](=O)[O-])ccc1N1CCC(C)CC1)C(C)C. The van der Waals surface area contributed by atoms with Crippen LogP contribution in [0.3, 0.4) is 0 Å². The van der Waals surface area contributed by atoms with Crippen molar-refractivity contribution in [3.63, 3.8) is 0 Å². The third-order valence-electron chi connectivity index (χ3n) is 5.38. The van der Waals surface area contributed by atoms with Crippen molar-refractivity contribution in [3.8, 4) is 0 Å². The molecular weight excluding hydrogens is 344 g/mol. The molecular formula is C20H32N4O3. The zero-order chi connectivity index (χ0) is 20.0. The number of nitro groups is 1. The van der Waals surface area contributed by atoms with Gasteiger partial charge in [0.15, 0.2) is 0 Å². The second kappa shape index (κ2) is 9.69. The van der Waals surface area contributed by atoms with Crippen molar-refractivity contribution in [2.24, 2.45) is 5.92 Å². The van der Waals surface area contributed by atoms with Crippen molar-refractivity contribution in [3.05, 3.63) is 33.9 Å². The number of hydrogen-bond acceptors (Lipinski definition) is 5. The fourth-order valence-corrected chi connectivity index (χ4v) is 3.53. The number of nitrogens with one attached hydrogen (secondary N) is 1. The van der Waals surface area contributed by atoms with Crippen LogP contribution in [0.5, 0.6) is 0 Å². The molecule has 0 unspecified atom stereocenters. The minimum atomic E-state index is -0.448. The molecule has 0 aliphatic carbocycles. The Labute approximate surface area is 161 Å². The summed E-state index contributed by atoms with van der Waals surface area (Å²) in [5.74, 6) is 0.430. The second-order valence-electron chi connectivity index (χ2n) is 7.61. The summed E-state index contributed by atoms with van der Waals surface area (Å²) in [6, 6.07) is 5.02. The molecule has 1 saturated heterocycles. The van der Waals surface area contributed by atoms with E-state index in [1.54, 1.807) is 6.07 Å². The molecule has 1 amide bonds. The number of nitrogens with zero attached hydrogens (tertiary/aromatic N) is 3. The largest absolute Gasteiger partial charge is 0.371 e. The zero-order valence-corrected chi connectivity index (χ0v) is 16.9. The van der Waals surface area contributed by atoms with Crippen molar-refractivity contribution < 1.29 is 9.72 Å². The first kappa shape index (κ1) is 21.2. The smallest absolute Gasteiger partial charge is 0.270 e. The Bertz CT molecular complexity index is 655. The molecule has 2 rings (SSSR count). The van der Waals surface area contributed by atoms with E-state index < -0.39 is 4.92 Å². The van der Waals surface area contributed by atoms with Crippen LogP contribution >= 0.6 is 0 Å². The van der Waals surface area contributed by atoms with Gasteiger partial charge in [-0.25, -0.2) is 0 Å². The molecule has 0 aromatic heterocycles. The molecule has 0 spiro atoms. The maximum absolute atomic E-state index is 12.8. The van der Waals surface area contributed by atoms with Crippen molar-refractivity contribution in [1.82, 2.24) is 10.2 Å². The summed E-state index contributed by atoms with van der Waals surface area (Å²) >= 11 is 0. The van der Waals surface area contributed by atoms with Crippen molar-refractivity contribution in [2.45, 2.75) is 46.6 Å². The van der Waals surface area contributed by atoms with Gasteiger partial charge < -0.3 is 10.2 Å². The Morgan fingerprint density at radius 3 is 2.59 bits per heavy atom. The van der Waals surface area contributed by atoms with E-state index in [4.69, 9.17) is 0 Å². The Morgan fingerprint density at radius 2 is 2.04 bits per heavy atom.